The molecule has 0 aliphatic carbocycles. The summed E-state index contributed by atoms with van der Waals surface area (Å²) in [5.41, 5.74) is 3.43. The van der Waals surface area contributed by atoms with Gasteiger partial charge < -0.3 is 0 Å². The van der Waals surface area contributed by atoms with Crippen molar-refractivity contribution >= 4 is 10.0 Å². The van der Waals surface area contributed by atoms with Gasteiger partial charge >= 0.3 is 0 Å². The monoisotopic (exact) mass is 343 g/mol. The van der Waals surface area contributed by atoms with Crippen LogP contribution in [0.15, 0.2) is 53.4 Å². The van der Waals surface area contributed by atoms with Gasteiger partial charge in [0.15, 0.2) is 0 Å². The molecule has 0 N–H and O–H groups in total. The summed E-state index contributed by atoms with van der Waals surface area (Å²) in [5, 5.41) is 0. The number of aryl methyl sites for hydroxylation is 1. The first kappa shape index (κ1) is 17.2. The van der Waals surface area contributed by atoms with Crippen molar-refractivity contribution in [3.63, 3.8) is 0 Å². The van der Waals surface area contributed by atoms with Gasteiger partial charge in [-0.1, -0.05) is 50.2 Å². The largest absolute Gasteiger partial charge is 0.243 e. The van der Waals surface area contributed by atoms with Crippen LogP contribution in [0, 0.1) is 6.92 Å². The number of hydrogen-bond donors (Lipinski definition) is 0. The lowest BCUT2D eigenvalue weighted by Gasteiger charge is -2.25. The summed E-state index contributed by atoms with van der Waals surface area (Å²) in [6.45, 7) is 6.86. The lowest BCUT2D eigenvalue weighted by Crippen LogP contribution is -2.31. The molecule has 3 nitrogen and oxygen atoms in total. The van der Waals surface area contributed by atoms with Crippen LogP contribution in [0.2, 0.25) is 0 Å². The van der Waals surface area contributed by atoms with E-state index in [0.29, 0.717) is 17.4 Å². The first-order valence-corrected chi connectivity index (χ1v) is 10.0. The highest BCUT2D eigenvalue weighted by molar-refractivity contribution is 7.89. The minimum atomic E-state index is -3.46. The number of sulfonamides is 1. The van der Waals surface area contributed by atoms with E-state index in [0.717, 1.165) is 29.5 Å². The summed E-state index contributed by atoms with van der Waals surface area (Å²) >= 11 is 0. The molecule has 2 aromatic rings. The third kappa shape index (κ3) is 3.13. The predicted molar refractivity (Wildman–Crippen MR) is 97.6 cm³/mol. The van der Waals surface area contributed by atoms with Crippen molar-refractivity contribution in [2.24, 2.45) is 0 Å². The third-order valence-electron chi connectivity index (χ3n) is 4.90. The smallest absolute Gasteiger partial charge is 0.207 e. The van der Waals surface area contributed by atoms with E-state index in [2.05, 4.69) is 32.9 Å². The molecule has 3 rings (SSSR count). The lowest BCUT2D eigenvalue weighted by molar-refractivity contribution is 0.395. The molecule has 0 unspecified atom stereocenters. The Morgan fingerprint density at radius 2 is 1.71 bits per heavy atom. The second kappa shape index (κ2) is 6.69. The highest BCUT2D eigenvalue weighted by Crippen LogP contribution is 2.37. The van der Waals surface area contributed by atoms with Gasteiger partial charge in [-0.05, 0) is 54.5 Å². The maximum atomic E-state index is 13.1. The van der Waals surface area contributed by atoms with E-state index in [1.165, 1.54) is 0 Å². The first-order chi connectivity index (χ1) is 11.4. The van der Waals surface area contributed by atoms with Crippen LogP contribution in [-0.4, -0.2) is 19.3 Å². The summed E-state index contributed by atoms with van der Waals surface area (Å²) < 4.78 is 28.0. The molecule has 1 fully saturated rings. The summed E-state index contributed by atoms with van der Waals surface area (Å²) in [6.07, 6.45) is 1.79. The molecule has 0 amide bonds. The maximum absolute atomic E-state index is 13.1. The van der Waals surface area contributed by atoms with Crippen molar-refractivity contribution in [2.75, 3.05) is 6.54 Å². The van der Waals surface area contributed by atoms with Crippen molar-refractivity contribution in [3.8, 4) is 0 Å². The van der Waals surface area contributed by atoms with Crippen molar-refractivity contribution in [2.45, 2.75) is 50.5 Å². The highest BCUT2D eigenvalue weighted by atomic mass is 32.2. The van der Waals surface area contributed by atoms with E-state index in [-0.39, 0.29) is 6.04 Å². The van der Waals surface area contributed by atoms with Gasteiger partial charge in [-0.15, -0.1) is 0 Å². The second-order valence-electron chi connectivity index (χ2n) is 6.85. The van der Waals surface area contributed by atoms with Crippen LogP contribution in [0.5, 0.6) is 0 Å². The zero-order valence-corrected chi connectivity index (χ0v) is 15.4. The summed E-state index contributed by atoms with van der Waals surface area (Å²) in [5.74, 6) is 0.397. The quantitative estimate of drug-likeness (QED) is 0.811. The Kier molecular flexibility index (Phi) is 4.79. The normalized spacial score (nSPS) is 19.1. The molecule has 0 saturated carbocycles. The molecule has 128 valence electrons. The molecule has 4 heteroatoms. The molecule has 1 heterocycles. The van der Waals surface area contributed by atoms with Crippen LogP contribution in [0.4, 0.5) is 0 Å². The van der Waals surface area contributed by atoms with E-state index < -0.39 is 10.0 Å². The maximum Gasteiger partial charge on any atom is 0.243 e. The van der Waals surface area contributed by atoms with E-state index >= 15 is 0 Å². The van der Waals surface area contributed by atoms with Gasteiger partial charge in [0.1, 0.15) is 0 Å². The Balaban J connectivity index is 1.95. The molecule has 1 atom stereocenters. The summed E-state index contributed by atoms with van der Waals surface area (Å²) in [7, 11) is -3.46. The predicted octanol–water partition coefficient (Wildman–Crippen LogP) is 4.64. The Bertz CT molecular complexity index is 810. The molecular weight excluding hydrogens is 318 g/mol. The highest BCUT2D eigenvalue weighted by Gasteiger charge is 2.36. The SMILES string of the molecule is Cc1ccccc1[C@H]1CCCN1S(=O)(=O)c1ccc(C(C)C)cc1. The molecular formula is C20H25NO2S. The van der Waals surface area contributed by atoms with Gasteiger partial charge in [0.25, 0.3) is 0 Å². The van der Waals surface area contributed by atoms with E-state index in [9.17, 15) is 8.42 Å². The van der Waals surface area contributed by atoms with E-state index in [1.54, 1.807) is 16.4 Å². The minimum Gasteiger partial charge on any atom is -0.207 e. The van der Waals surface area contributed by atoms with Crippen molar-refractivity contribution < 1.29 is 8.42 Å². The fourth-order valence-corrected chi connectivity index (χ4v) is 5.13. The molecule has 1 saturated heterocycles. The van der Waals surface area contributed by atoms with Crippen molar-refractivity contribution in [1.29, 1.82) is 0 Å². The molecule has 24 heavy (non-hydrogen) atoms. The Morgan fingerprint density at radius 1 is 1.04 bits per heavy atom. The van der Waals surface area contributed by atoms with E-state index in [1.807, 2.05) is 24.3 Å². The van der Waals surface area contributed by atoms with Gasteiger partial charge in [0.2, 0.25) is 10.0 Å². The molecule has 1 aliphatic rings. The average molecular weight is 343 g/mol. The van der Waals surface area contributed by atoms with Gasteiger partial charge in [-0.3, -0.25) is 0 Å². The standard InChI is InChI=1S/C20H25NO2S/c1-15(2)17-10-12-18(13-11-17)24(22,23)21-14-6-9-20(21)19-8-5-4-7-16(19)3/h4-5,7-8,10-13,15,20H,6,9,14H2,1-3H3/t20-/m1/s1. The fraction of sp³-hybridized carbons (Fsp3) is 0.400. The van der Waals surface area contributed by atoms with Gasteiger partial charge in [-0.25, -0.2) is 8.42 Å². The number of benzene rings is 2. The molecule has 2 aromatic carbocycles. The second-order valence-corrected chi connectivity index (χ2v) is 8.74. The summed E-state index contributed by atoms with van der Waals surface area (Å²) in [6, 6.07) is 15.4. The van der Waals surface area contributed by atoms with Crippen LogP contribution >= 0.6 is 0 Å². The number of hydrogen-bond acceptors (Lipinski definition) is 2. The molecule has 0 aromatic heterocycles. The zero-order valence-electron chi connectivity index (χ0n) is 14.6. The minimum absolute atomic E-state index is 0.0547. The fourth-order valence-electron chi connectivity index (χ4n) is 3.46. The Morgan fingerprint density at radius 3 is 2.33 bits per heavy atom. The molecule has 0 radical (unpaired) electrons. The Hall–Kier alpha value is -1.65. The molecule has 0 bridgehead atoms. The van der Waals surface area contributed by atoms with Crippen molar-refractivity contribution in [3.05, 3.63) is 65.2 Å². The van der Waals surface area contributed by atoms with Gasteiger partial charge in [0.05, 0.1) is 10.9 Å². The number of nitrogens with zero attached hydrogens (tertiary/aromatic N) is 1. The van der Waals surface area contributed by atoms with E-state index in [4.69, 9.17) is 0 Å². The van der Waals surface area contributed by atoms with Crippen LogP contribution < -0.4 is 0 Å². The Labute approximate surface area is 145 Å². The molecule has 1 aliphatic heterocycles. The van der Waals surface area contributed by atoms with Crippen LogP contribution in [0.25, 0.3) is 0 Å². The first-order valence-electron chi connectivity index (χ1n) is 8.58. The van der Waals surface area contributed by atoms with Gasteiger partial charge in [-0.2, -0.15) is 4.31 Å². The zero-order chi connectivity index (χ0) is 17.3. The van der Waals surface area contributed by atoms with Crippen molar-refractivity contribution in [1.82, 2.24) is 4.31 Å². The summed E-state index contributed by atoms with van der Waals surface area (Å²) in [4.78, 5) is 0.396. The number of rotatable bonds is 4. The van der Waals surface area contributed by atoms with Crippen LogP contribution in [0.3, 0.4) is 0 Å². The van der Waals surface area contributed by atoms with Crippen LogP contribution in [-0.2, 0) is 10.0 Å². The van der Waals surface area contributed by atoms with Crippen LogP contribution in [0.1, 0.15) is 55.3 Å². The average Bonchev–Trinajstić information content (AvgIpc) is 3.05. The lowest BCUT2D eigenvalue weighted by atomic mass is 10.0. The van der Waals surface area contributed by atoms with Gasteiger partial charge in [0, 0.05) is 6.54 Å². The third-order valence-corrected chi connectivity index (χ3v) is 6.83. The molecule has 0 spiro atoms. The topological polar surface area (TPSA) is 37.4 Å².